The Hall–Kier alpha value is -1.78. The largest absolute Gasteiger partial charge is 0.478 e. The van der Waals surface area contributed by atoms with Gasteiger partial charge in [0, 0.05) is 32.9 Å². The molecule has 0 saturated heterocycles. The molecule has 0 unspecified atom stereocenters. The first-order valence-corrected chi connectivity index (χ1v) is 5.76. The summed E-state index contributed by atoms with van der Waals surface area (Å²) in [5.74, 6) is 1.44. The van der Waals surface area contributed by atoms with Crippen LogP contribution in [0.5, 0.6) is 5.88 Å². The average Bonchev–Trinajstić information content (AvgIpc) is 2.39. The Morgan fingerprint density at radius 1 is 1.47 bits per heavy atom. The van der Waals surface area contributed by atoms with Crippen molar-refractivity contribution in [3.63, 3.8) is 0 Å². The van der Waals surface area contributed by atoms with Crippen LogP contribution in [0.3, 0.4) is 0 Å². The molecular weight excluding hydrogens is 216 g/mol. The van der Waals surface area contributed by atoms with Crippen molar-refractivity contribution in [2.24, 2.45) is 4.99 Å². The first-order valence-electron chi connectivity index (χ1n) is 5.76. The molecule has 1 aromatic rings. The normalized spacial score (nSPS) is 11.1. The molecule has 0 radical (unpaired) electrons. The fourth-order valence-corrected chi connectivity index (χ4v) is 1.27. The monoisotopic (exact) mass is 236 g/mol. The molecule has 17 heavy (non-hydrogen) atoms. The van der Waals surface area contributed by atoms with E-state index in [0.717, 1.165) is 17.9 Å². The van der Waals surface area contributed by atoms with Crippen LogP contribution in [0, 0.1) is 0 Å². The Bertz CT molecular complexity index is 348. The number of guanidine groups is 1. The Morgan fingerprint density at radius 3 is 2.82 bits per heavy atom. The zero-order valence-corrected chi connectivity index (χ0v) is 10.7. The lowest BCUT2D eigenvalue weighted by molar-refractivity contribution is 0.305. The van der Waals surface area contributed by atoms with Crippen LogP contribution in [0.2, 0.25) is 0 Å². The van der Waals surface area contributed by atoms with Crippen LogP contribution in [-0.4, -0.2) is 31.6 Å². The molecule has 0 amide bonds. The summed E-state index contributed by atoms with van der Waals surface area (Å²) in [5, 5.41) is 6.11. The smallest absolute Gasteiger partial charge is 0.213 e. The Kier molecular flexibility index (Phi) is 5.85. The van der Waals surface area contributed by atoms with Crippen LogP contribution in [0.4, 0.5) is 0 Å². The number of aliphatic imine (C=N–C) groups is 1. The van der Waals surface area contributed by atoms with Gasteiger partial charge in [-0.3, -0.25) is 4.99 Å². The molecule has 1 heterocycles. The highest BCUT2D eigenvalue weighted by atomic mass is 16.5. The molecule has 94 valence electrons. The summed E-state index contributed by atoms with van der Waals surface area (Å²) >= 11 is 0. The van der Waals surface area contributed by atoms with Gasteiger partial charge in [0.2, 0.25) is 5.88 Å². The molecule has 0 aliphatic rings. The van der Waals surface area contributed by atoms with Gasteiger partial charge in [-0.15, -0.1) is 0 Å². The van der Waals surface area contributed by atoms with E-state index in [9.17, 15) is 0 Å². The molecule has 5 heteroatoms. The van der Waals surface area contributed by atoms with Crippen molar-refractivity contribution < 1.29 is 4.74 Å². The molecule has 0 spiro atoms. The number of ether oxygens (including phenoxy) is 1. The average molecular weight is 236 g/mol. The summed E-state index contributed by atoms with van der Waals surface area (Å²) in [6.07, 6.45) is 2.80. The van der Waals surface area contributed by atoms with E-state index in [4.69, 9.17) is 4.74 Å². The second kappa shape index (κ2) is 7.49. The number of nitrogens with one attached hydrogen (secondary N) is 2. The molecule has 1 rings (SSSR count). The summed E-state index contributed by atoms with van der Waals surface area (Å²) in [6, 6.07) is 3.88. The molecule has 0 fully saturated rings. The molecular formula is C12H20N4O. The lowest BCUT2D eigenvalue weighted by Gasteiger charge is -2.08. The van der Waals surface area contributed by atoms with E-state index < -0.39 is 0 Å². The van der Waals surface area contributed by atoms with Gasteiger partial charge in [-0.2, -0.15) is 0 Å². The number of pyridine rings is 1. The van der Waals surface area contributed by atoms with Gasteiger partial charge in [-0.25, -0.2) is 4.98 Å². The maximum atomic E-state index is 5.41. The molecule has 5 nitrogen and oxygen atoms in total. The van der Waals surface area contributed by atoms with Crippen LogP contribution in [0.25, 0.3) is 0 Å². The van der Waals surface area contributed by atoms with Gasteiger partial charge in [-0.05, 0) is 12.0 Å². The van der Waals surface area contributed by atoms with Crippen molar-refractivity contribution in [3.05, 3.63) is 23.9 Å². The highest BCUT2D eigenvalue weighted by molar-refractivity contribution is 5.79. The summed E-state index contributed by atoms with van der Waals surface area (Å²) in [6.45, 7) is 3.47. The maximum absolute atomic E-state index is 5.41. The van der Waals surface area contributed by atoms with E-state index >= 15 is 0 Å². The molecule has 1 aromatic heterocycles. The minimum absolute atomic E-state index is 0.675. The van der Waals surface area contributed by atoms with Crippen molar-refractivity contribution in [1.29, 1.82) is 0 Å². The van der Waals surface area contributed by atoms with E-state index in [0.29, 0.717) is 19.0 Å². The number of hydrogen-bond donors (Lipinski definition) is 2. The predicted octanol–water partition coefficient (Wildman–Crippen LogP) is 1.17. The first-order chi connectivity index (χ1) is 8.30. The number of hydrogen-bond acceptors (Lipinski definition) is 3. The van der Waals surface area contributed by atoms with Gasteiger partial charge in [0.25, 0.3) is 0 Å². The zero-order chi connectivity index (χ0) is 12.5. The van der Waals surface area contributed by atoms with Crippen molar-refractivity contribution in [2.75, 3.05) is 20.7 Å². The van der Waals surface area contributed by atoms with E-state index in [-0.39, 0.29) is 0 Å². The van der Waals surface area contributed by atoms with E-state index in [1.807, 2.05) is 19.2 Å². The summed E-state index contributed by atoms with van der Waals surface area (Å²) < 4.78 is 5.41. The van der Waals surface area contributed by atoms with Crippen LogP contribution in [0.1, 0.15) is 18.9 Å². The Morgan fingerprint density at radius 2 is 2.29 bits per heavy atom. The van der Waals surface area contributed by atoms with E-state index in [1.54, 1.807) is 13.2 Å². The fourth-order valence-electron chi connectivity index (χ4n) is 1.27. The van der Waals surface area contributed by atoms with Gasteiger partial charge >= 0.3 is 0 Å². The predicted molar refractivity (Wildman–Crippen MR) is 69.3 cm³/mol. The molecule has 2 N–H and O–H groups in total. The van der Waals surface area contributed by atoms with Gasteiger partial charge in [0.05, 0.1) is 6.61 Å². The molecule has 0 aliphatic heterocycles. The summed E-state index contributed by atoms with van der Waals surface area (Å²) in [5.41, 5.74) is 1.09. The van der Waals surface area contributed by atoms with Crippen LogP contribution < -0.4 is 15.4 Å². The van der Waals surface area contributed by atoms with Gasteiger partial charge in [-0.1, -0.05) is 13.0 Å². The lowest BCUT2D eigenvalue weighted by Crippen LogP contribution is -2.34. The number of rotatable bonds is 5. The quantitative estimate of drug-likeness (QED) is 0.595. The lowest BCUT2D eigenvalue weighted by atomic mass is 10.3. The van der Waals surface area contributed by atoms with Crippen molar-refractivity contribution in [3.8, 4) is 5.88 Å². The third-order valence-corrected chi connectivity index (χ3v) is 2.17. The number of aromatic nitrogens is 1. The SMILES string of the molecule is CCCOc1ccc(CNC(=NC)NC)cn1. The third kappa shape index (κ3) is 4.72. The van der Waals surface area contributed by atoms with Gasteiger partial charge < -0.3 is 15.4 Å². The van der Waals surface area contributed by atoms with Gasteiger partial charge in [0.15, 0.2) is 5.96 Å². The first kappa shape index (κ1) is 13.3. The van der Waals surface area contributed by atoms with Crippen LogP contribution >= 0.6 is 0 Å². The standard InChI is InChI=1S/C12H20N4O/c1-4-7-17-11-6-5-10(8-15-11)9-16-12(13-2)14-3/h5-6,8H,4,7,9H2,1-3H3,(H2,13,14,16). The van der Waals surface area contributed by atoms with E-state index in [2.05, 4.69) is 27.5 Å². The maximum Gasteiger partial charge on any atom is 0.213 e. The molecule has 0 aromatic carbocycles. The minimum Gasteiger partial charge on any atom is -0.478 e. The molecule has 0 bridgehead atoms. The summed E-state index contributed by atoms with van der Waals surface area (Å²) in [4.78, 5) is 8.25. The van der Waals surface area contributed by atoms with E-state index in [1.165, 1.54) is 0 Å². The fraction of sp³-hybridized carbons (Fsp3) is 0.500. The highest BCUT2D eigenvalue weighted by Gasteiger charge is 1.98. The topological polar surface area (TPSA) is 58.5 Å². The summed E-state index contributed by atoms with van der Waals surface area (Å²) in [7, 11) is 3.56. The minimum atomic E-state index is 0.675. The van der Waals surface area contributed by atoms with Crippen LogP contribution in [-0.2, 0) is 6.54 Å². The van der Waals surface area contributed by atoms with Crippen LogP contribution in [0.15, 0.2) is 23.3 Å². The highest BCUT2D eigenvalue weighted by Crippen LogP contribution is 2.07. The molecule has 0 saturated carbocycles. The second-order valence-electron chi connectivity index (χ2n) is 3.53. The molecule has 0 atom stereocenters. The Balaban J connectivity index is 2.45. The van der Waals surface area contributed by atoms with Crippen molar-refractivity contribution in [2.45, 2.75) is 19.9 Å². The second-order valence-corrected chi connectivity index (χ2v) is 3.53. The zero-order valence-electron chi connectivity index (χ0n) is 10.7. The number of nitrogens with zero attached hydrogens (tertiary/aromatic N) is 2. The molecule has 0 aliphatic carbocycles. The van der Waals surface area contributed by atoms with Crippen molar-refractivity contribution in [1.82, 2.24) is 15.6 Å². The Labute approximate surface area is 102 Å². The third-order valence-electron chi connectivity index (χ3n) is 2.17. The van der Waals surface area contributed by atoms with Crippen molar-refractivity contribution >= 4 is 5.96 Å². The van der Waals surface area contributed by atoms with Gasteiger partial charge in [0.1, 0.15) is 0 Å².